The SMILES string of the molecule is O=c1ncc(F)c(-c2cccc(F)c2)[nH]1. The molecule has 0 amide bonds. The van der Waals surface area contributed by atoms with Crippen LogP contribution in [0.1, 0.15) is 0 Å². The van der Waals surface area contributed by atoms with Crippen LogP contribution in [-0.4, -0.2) is 9.97 Å². The highest BCUT2D eigenvalue weighted by molar-refractivity contribution is 5.58. The summed E-state index contributed by atoms with van der Waals surface area (Å²) in [5.74, 6) is -1.19. The summed E-state index contributed by atoms with van der Waals surface area (Å²) in [7, 11) is 0. The zero-order chi connectivity index (χ0) is 10.8. The van der Waals surface area contributed by atoms with Gasteiger partial charge in [-0.25, -0.2) is 13.6 Å². The average Bonchev–Trinajstić information content (AvgIpc) is 2.22. The highest BCUT2D eigenvalue weighted by Crippen LogP contribution is 2.18. The van der Waals surface area contributed by atoms with Gasteiger partial charge in [0.25, 0.3) is 0 Å². The molecule has 0 spiro atoms. The molecule has 0 aliphatic heterocycles. The number of rotatable bonds is 1. The van der Waals surface area contributed by atoms with Crippen molar-refractivity contribution in [3.05, 3.63) is 52.6 Å². The first-order chi connectivity index (χ1) is 7.16. The Balaban J connectivity index is 2.63. The van der Waals surface area contributed by atoms with Crippen LogP contribution in [0.2, 0.25) is 0 Å². The minimum Gasteiger partial charge on any atom is -0.303 e. The molecule has 1 N–H and O–H groups in total. The number of nitrogens with one attached hydrogen (secondary N) is 1. The normalized spacial score (nSPS) is 10.3. The second-order valence-corrected chi connectivity index (χ2v) is 2.92. The van der Waals surface area contributed by atoms with E-state index < -0.39 is 17.3 Å². The standard InChI is InChI=1S/C10H6F2N2O/c11-7-3-1-2-6(4-7)9-8(12)5-13-10(15)14-9/h1-5H,(H,13,14,15). The zero-order valence-corrected chi connectivity index (χ0v) is 7.50. The molecule has 0 unspecified atom stereocenters. The summed E-state index contributed by atoms with van der Waals surface area (Å²) in [5.41, 5.74) is -0.461. The maximum absolute atomic E-state index is 13.2. The van der Waals surface area contributed by atoms with Crippen molar-refractivity contribution in [1.82, 2.24) is 9.97 Å². The van der Waals surface area contributed by atoms with E-state index in [2.05, 4.69) is 9.97 Å². The highest BCUT2D eigenvalue weighted by atomic mass is 19.1. The van der Waals surface area contributed by atoms with E-state index in [1.807, 2.05) is 0 Å². The van der Waals surface area contributed by atoms with Crippen LogP contribution in [0.4, 0.5) is 8.78 Å². The van der Waals surface area contributed by atoms with Crippen LogP contribution >= 0.6 is 0 Å². The largest absolute Gasteiger partial charge is 0.345 e. The number of H-pyrrole nitrogens is 1. The predicted octanol–water partition coefficient (Wildman–Crippen LogP) is 1.72. The smallest absolute Gasteiger partial charge is 0.303 e. The molecule has 0 radical (unpaired) electrons. The van der Waals surface area contributed by atoms with Gasteiger partial charge in [-0.15, -0.1) is 0 Å². The van der Waals surface area contributed by atoms with Gasteiger partial charge in [-0.05, 0) is 12.1 Å². The fourth-order valence-corrected chi connectivity index (χ4v) is 1.23. The molecule has 0 aliphatic carbocycles. The first-order valence-corrected chi connectivity index (χ1v) is 4.17. The van der Waals surface area contributed by atoms with Gasteiger partial charge < -0.3 is 4.98 Å². The second kappa shape index (κ2) is 3.61. The molecule has 76 valence electrons. The van der Waals surface area contributed by atoms with E-state index in [4.69, 9.17) is 0 Å². The van der Waals surface area contributed by atoms with E-state index in [1.54, 1.807) is 0 Å². The third-order valence-corrected chi connectivity index (χ3v) is 1.88. The van der Waals surface area contributed by atoms with Gasteiger partial charge in [0, 0.05) is 5.56 Å². The van der Waals surface area contributed by atoms with Gasteiger partial charge in [0.15, 0.2) is 5.82 Å². The lowest BCUT2D eigenvalue weighted by Gasteiger charge is -2.01. The van der Waals surface area contributed by atoms with E-state index in [0.29, 0.717) is 0 Å². The first-order valence-electron chi connectivity index (χ1n) is 4.17. The minimum atomic E-state index is -0.694. The van der Waals surface area contributed by atoms with Gasteiger partial charge in [-0.2, -0.15) is 4.98 Å². The fraction of sp³-hybridized carbons (Fsp3) is 0. The third-order valence-electron chi connectivity index (χ3n) is 1.88. The van der Waals surface area contributed by atoms with Crippen LogP contribution in [0.3, 0.4) is 0 Å². The van der Waals surface area contributed by atoms with E-state index >= 15 is 0 Å². The van der Waals surface area contributed by atoms with Crippen molar-refractivity contribution < 1.29 is 8.78 Å². The molecule has 2 rings (SSSR count). The summed E-state index contributed by atoms with van der Waals surface area (Å²) in [4.78, 5) is 16.3. The predicted molar refractivity (Wildman–Crippen MR) is 50.2 cm³/mol. The molecule has 0 atom stereocenters. The Hall–Kier alpha value is -2.04. The number of aromatic amines is 1. The average molecular weight is 208 g/mol. The lowest BCUT2D eigenvalue weighted by Crippen LogP contribution is -2.11. The molecular weight excluding hydrogens is 202 g/mol. The molecule has 1 aromatic carbocycles. The number of benzene rings is 1. The van der Waals surface area contributed by atoms with E-state index in [9.17, 15) is 13.6 Å². The van der Waals surface area contributed by atoms with Crippen LogP contribution in [-0.2, 0) is 0 Å². The van der Waals surface area contributed by atoms with Crippen LogP contribution in [0.5, 0.6) is 0 Å². The lowest BCUT2D eigenvalue weighted by atomic mass is 10.1. The summed E-state index contributed by atoms with van der Waals surface area (Å²) in [6.45, 7) is 0. The Bertz CT molecular complexity index is 551. The van der Waals surface area contributed by atoms with Gasteiger partial charge in [0.1, 0.15) is 5.82 Å². The van der Waals surface area contributed by atoms with Gasteiger partial charge in [-0.1, -0.05) is 12.1 Å². The summed E-state index contributed by atoms with van der Waals surface area (Å²) in [6, 6.07) is 5.30. The Morgan fingerprint density at radius 1 is 1.27 bits per heavy atom. The minimum absolute atomic E-state index is 0.0606. The van der Waals surface area contributed by atoms with Gasteiger partial charge in [-0.3, -0.25) is 0 Å². The molecular formula is C10H6F2N2O. The van der Waals surface area contributed by atoms with E-state index in [0.717, 1.165) is 12.3 Å². The molecule has 1 aromatic heterocycles. The number of hydrogen-bond donors (Lipinski definition) is 1. The van der Waals surface area contributed by atoms with Crippen LogP contribution in [0.15, 0.2) is 35.3 Å². The molecule has 0 fully saturated rings. The van der Waals surface area contributed by atoms with Crippen molar-refractivity contribution in [2.75, 3.05) is 0 Å². The Kier molecular flexibility index (Phi) is 2.29. The van der Waals surface area contributed by atoms with Gasteiger partial charge in [0.05, 0.1) is 11.9 Å². The molecule has 1 heterocycles. The Morgan fingerprint density at radius 2 is 2.07 bits per heavy atom. The molecule has 0 aliphatic rings. The number of hydrogen-bond acceptors (Lipinski definition) is 2. The summed E-state index contributed by atoms with van der Waals surface area (Å²) < 4.78 is 26.1. The molecule has 0 bridgehead atoms. The summed E-state index contributed by atoms with van der Waals surface area (Å²) in [6.07, 6.45) is 0.805. The number of nitrogens with zero attached hydrogens (tertiary/aromatic N) is 1. The topological polar surface area (TPSA) is 45.8 Å². The van der Waals surface area contributed by atoms with Crippen molar-refractivity contribution in [2.24, 2.45) is 0 Å². The molecule has 2 aromatic rings. The molecule has 0 saturated heterocycles. The zero-order valence-electron chi connectivity index (χ0n) is 7.50. The van der Waals surface area contributed by atoms with Gasteiger partial charge in [0.2, 0.25) is 0 Å². The number of halogens is 2. The molecule has 0 saturated carbocycles. The Labute approximate surface area is 83.4 Å². The summed E-state index contributed by atoms with van der Waals surface area (Å²) in [5, 5.41) is 0. The molecule has 5 heteroatoms. The quantitative estimate of drug-likeness (QED) is 0.775. The van der Waals surface area contributed by atoms with Crippen molar-refractivity contribution in [3.63, 3.8) is 0 Å². The van der Waals surface area contributed by atoms with Gasteiger partial charge >= 0.3 is 5.69 Å². The van der Waals surface area contributed by atoms with Crippen LogP contribution in [0, 0.1) is 11.6 Å². The molecule has 15 heavy (non-hydrogen) atoms. The maximum Gasteiger partial charge on any atom is 0.345 e. The lowest BCUT2D eigenvalue weighted by molar-refractivity contribution is 0.613. The second-order valence-electron chi connectivity index (χ2n) is 2.92. The van der Waals surface area contributed by atoms with Crippen molar-refractivity contribution in [1.29, 1.82) is 0 Å². The monoisotopic (exact) mass is 208 g/mol. The fourth-order valence-electron chi connectivity index (χ4n) is 1.23. The van der Waals surface area contributed by atoms with E-state index in [1.165, 1.54) is 18.2 Å². The van der Waals surface area contributed by atoms with Crippen LogP contribution in [0.25, 0.3) is 11.3 Å². The van der Waals surface area contributed by atoms with Crippen molar-refractivity contribution >= 4 is 0 Å². The third kappa shape index (κ3) is 1.90. The first kappa shape index (κ1) is 9.51. The molecule has 3 nitrogen and oxygen atoms in total. The number of aromatic nitrogens is 2. The van der Waals surface area contributed by atoms with E-state index in [-0.39, 0.29) is 11.3 Å². The van der Waals surface area contributed by atoms with Crippen molar-refractivity contribution in [2.45, 2.75) is 0 Å². The maximum atomic E-state index is 13.2. The Morgan fingerprint density at radius 3 is 2.80 bits per heavy atom. The van der Waals surface area contributed by atoms with Crippen molar-refractivity contribution in [3.8, 4) is 11.3 Å². The van der Waals surface area contributed by atoms with Crippen LogP contribution < -0.4 is 5.69 Å². The highest BCUT2D eigenvalue weighted by Gasteiger charge is 2.06. The summed E-state index contributed by atoms with van der Waals surface area (Å²) >= 11 is 0.